The fraction of sp³-hybridized carbons (Fsp3) is 0.364. The molecule has 1 rings (SSSR count). The van der Waals surface area contributed by atoms with Gasteiger partial charge in [0.15, 0.2) is 0 Å². The molecule has 0 spiro atoms. The highest BCUT2D eigenvalue weighted by Crippen LogP contribution is 2.16. The number of methoxy groups -OCH3 is 1. The second-order valence-corrected chi connectivity index (χ2v) is 5.55. The van der Waals surface area contributed by atoms with Gasteiger partial charge in [0.1, 0.15) is 6.04 Å². The minimum Gasteiger partial charge on any atom is -0.468 e. The highest BCUT2D eigenvalue weighted by molar-refractivity contribution is 7.89. The Labute approximate surface area is 105 Å². The number of esters is 1. The molecule has 0 aliphatic heterocycles. The normalized spacial score (nSPS) is 14.8. The molecule has 0 aliphatic carbocycles. The van der Waals surface area contributed by atoms with Gasteiger partial charge in [0.25, 0.3) is 0 Å². The first-order chi connectivity index (χ1) is 8.38. The van der Waals surface area contributed by atoms with Crippen molar-refractivity contribution in [1.29, 1.82) is 0 Å². The SMILES string of the molecule is COC(=O)C(NS(=O)(=O)C(C)F)c1ccccc1. The van der Waals surface area contributed by atoms with E-state index >= 15 is 0 Å². The quantitative estimate of drug-likeness (QED) is 0.818. The molecular weight excluding hydrogens is 261 g/mol. The van der Waals surface area contributed by atoms with Gasteiger partial charge in [-0.15, -0.1) is 0 Å². The highest BCUT2D eigenvalue weighted by atomic mass is 32.2. The zero-order valence-corrected chi connectivity index (χ0v) is 10.8. The fourth-order valence-corrected chi connectivity index (χ4v) is 2.02. The van der Waals surface area contributed by atoms with E-state index < -0.39 is 27.5 Å². The second kappa shape index (κ2) is 5.92. The summed E-state index contributed by atoms with van der Waals surface area (Å²) in [5, 5.41) is 0. The van der Waals surface area contributed by atoms with Crippen molar-refractivity contribution in [2.24, 2.45) is 0 Å². The predicted molar refractivity (Wildman–Crippen MR) is 63.8 cm³/mol. The summed E-state index contributed by atoms with van der Waals surface area (Å²) in [4.78, 5) is 11.5. The molecule has 2 unspecified atom stereocenters. The topological polar surface area (TPSA) is 72.5 Å². The van der Waals surface area contributed by atoms with Crippen LogP contribution in [0.3, 0.4) is 0 Å². The molecule has 7 heteroatoms. The van der Waals surface area contributed by atoms with E-state index in [4.69, 9.17) is 0 Å². The minimum absolute atomic E-state index is 0.383. The summed E-state index contributed by atoms with van der Waals surface area (Å²) in [6, 6.07) is 6.83. The smallest absolute Gasteiger partial charge is 0.328 e. The number of halogens is 1. The van der Waals surface area contributed by atoms with E-state index in [-0.39, 0.29) is 0 Å². The zero-order chi connectivity index (χ0) is 13.8. The maximum absolute atomic E-state index is 12.9. The number of ether oxygens (including phenoxy) is 1. The van der Waals surface area contributed by atoms with Crippen LogP contribution in [0.2, 0.25) is 0 Å². The van der Waals surface area contributed by atoms with Crippen LogP contribution in [0.5, 0.6) is 0 Å². The molecule has 1 aromatic carbocycles. The summed E-state index contributed by atoms with van der Waals surface area (Å²) in [5.41, 5.74) is -1.73. The summed E-state index contributed by atoms with van der Waals surface area (Å²) < 4.78 is 42.3. The van der Waals surface area contributed by atoms with Gasteiger partial charge in [-0.1, -0.05) is 30.3 Å². The predicted octanol–water partition coefficient (Wildman–Crippen LogP) is 1.14. The van der Waals surface area contributed by atoms with Gasteiger partial charge in [-0.25, -0.2) is 17.6 Å². The van der Waals surface area contributed by atoms with Crippen LogP contribution in [-0.2, 0) is 19.6 Å². The number of carbonyl (C=O) groups excluding carboxylic acids is 1. The van der Waals surface area contributed by atoms with Gasteiger partial charge in [0.05, 0.1) is 7.11 Å². The van der Waals surface area contributed by atoms with Gasteiger partial charge < -0.3 is 4.74 Å². The molecule has 0 bridgehead atoms. The lowest BCUT2D eigenvalue weighted by atomic mass is 10.1. The van der Waals surface area contributed by atoms with Crippen LogP contribution in [0.15, 0.2) is 30.3 Å². The van der Waals surface area contributed by atoms with Crippen molar-refractivity contribution < 1.29 is 22.3 Å². The fourth-order valence-electron chi connectivity index (χ4n) is 1.27. The molecule has 0 heterocycles. The van der Waals surface area contributed by atoms with Gasteiger partial charge in [-0.05, 0) is 12.5 Å². The van der Waals surface area contributed by atoms with Crippen molar-refractivity contribution in [1.82, 2.24) is 4.72 Å². The molecule has 0 amide bonds. The first kappa shape index (κ1) is 14.6. The van der Waals surface area contributed by atoms with E-state index in [1.54, 1.807) is 30.3 Å². The maximum Gasteiger partial charge on any atom is 0.328 e. The summed E-state index contributed by atoms with van der Waals surface area (Å²) in [6.45, 7) is 0.877. The van der Waals surface area contributed by atoms with Crippen LogP contribution >= 0.6 is 0 Å². The van der Waals surface area contributed by atoms with E-state index in [9.17, 15) is 17.6 Å². The van der Waals surface area contributed by atoms with Gasteiger partial charge in [-0.2, -0.15) is 4.72 Å². The molecule has 0 radical (unpaired) electrons. The average Bonchev–Trinajstić information content (AvgIpc) is 2.36. The maximum atomic E-state index is 12.9. The largest absolute Gasteiger partial charge is 0.468 e. The van der Waals surface area contributed by atoms with Crippen LogP contribution in [0, 0.1) is 0 Å². The van der Waals surface area contributed by atoms with Crippen LogP contribution in [0.4, 0.5) is 4.39 Å². The van der Waals surface area contributed by atoms with E-state index in [1.165, 1.54) is 0 Å². The molecule has 5 nitrogen and oxygen atoms in total. The Hall–Kier alpha value is -1.47. The van der Waals surface area contributed by atoms with Gasteiger partial charge in [0, 0.05) is 0 Å². The number of sulfonamides is 1. The highest BCUT2D eigenvalue weighted by Gasteiger charge is 2.30. The van der Waals surface area contributed by atoms with Crippen LogP contribution in [0.25, 0.3) is 0 Å². The van der Waals surface area contributed by atoms with E-state index in [0.29, 0.717) is 5.56 Å². The lowest BCUT2D eigenvalue weighted by Crippen LogP contribution is -2.38. The van der Waals surface area contributed by atoms with E-state index in [0.717, 1.165) is 14.0 Å². The number of carbonyl (C=O) groups is 1. The van der Waals surface area contributed by atoms with Crippen LogP contribution in [0.1, 0.15) is 18.5 Å². The molecule has 1 aromatic rings. The van der Waals surface area contributed by atoms with E-state index in [1.807, 2.05) is 4.72 Å². The Balaban J connectivity index is 3.06. The van der Waals surface area contributed by atoms with Crippen molar-refractivity contribution in [2.45, 2.75) is 18.5 Å². The van der Waals surface area contributed by atoms with Crippen molar-refractivity contribution in [3.8, 4) is 0 Å². The Morgan fingerprint density at radius 2 is 1.89 bits per heavy atom. The Morgan fingerprint density at radius 3 is 2.33 bits per heavy atom. The molecule has 0 fully saturated rings. The van der Waals surface area contributed by atoms with Gasteiger partial charge >= 0.3 is 5.97 Å². The minimum atomic E-state index is -4.22. The van der Waals surface area contributed by atoms with Crippen molar-refractivity contribution in [3.05, 3.63) is 35.9 Å². The molecule has 18 heavy (non-hydrogen) atoms. The van der Waals surface area contributed by atoms with Crippen molar-refractivity contribution >= 4 is 16.0 Å². The Bertz CT molecular complexity index is 501. The summed E-state index contributed by atoms with van der Waals surface area (Å²) in [6.07, 6.45) is 0. The first-order valence-corrected chi connectivity index (χ1v) is 6.71. The monoisotopic (exact) mass is 275 g/mol. The van der Waals surface area contributed by atoms with Crippen LogP contribution in [-0.4, -0.2) is 27.0 Å². The lowest BCUT2D eigenvalue weighted by Gasteiger charge is -2.17. The molecule has 0 saturated heterocycles. The number of hydrogen-bond donors (Lipinski definition) is 1. The number of hydrogen-bond acceptors (Lipinski definition) is 4. The summed E-state index contributed by atoms with van der Waals surface area (Å²) >= 11 is 0. The molecule has 2 atom stereocenters. The van der Waals surface area contributed by atoms with Gasteiger partial charge in [0.2, 0.25) is 15.5 Å². The molecule has 0 saturated carbocycles. The molecule has 0 aromatic heterocycles. The van der Waals surface area contributed by atoms with Crippen molar-refractivity contribution in [3.63, 3.8) is 0 Å². The summed E-state index contributed by atoms with van der Waals surface area (Å²) in [7, 11) is -3.09. The molecular formula is C11H14FNO4S. The van der Waals surface area contributed by atoms with Gasteiger partial charge in [-0.3, -0.25) is 0 Å². The number of rotatable bonds is 5. The molecule has 100 valence electrons. The van der Waals surface area contributed by atoms with E-state index in [2.05, 4.69) is 4.74 Å². The molecule has 1 N–H and O–H groups in total. The first-order valence-electron chi connectivity index (χ1n) is 5.16. The van der Waals surface area contributed by atoms with Crippen molar-refractivity contribution in [2.75, 3.05) is 7.11 Å². The Morgan fingerprint density at radius 1 is 1.33 bits per heavy atom. The lowest BCUT2D eigenvalue weighted by molar-refractivity contribution is -0.142. The summed E-state index contributed by atoms with van der Waals surface area (Å²) in [5.74, 6) is -0.801. The average molecular weight is 275 g/mol. The number of benzene rings is 1. The third kappa shape index (κ3) is 3.51. The third-order valence-electron chi connectivity index (χ3n) is 2.28. The zero-order valence-electron chi connectivity index (χ0n) is 9.96. The second-order valence-electron chi connectivity index (χ2n) is 3.57. The third-order valence-corrected chi connectivity index (χ3v) is 3.70. The standard InChI is InChI=1S/C11H14FNO4S/c1-8(12)18(15,16)13-10(11(14)17-2)9-6-4-3-5-7-9/h3-8,10,13H,1-2H3. The number of alkyl halides is 1. The number of nitrogens with one attached hydrogen (secondary N) is 1. The van der Waals surface area contributed by atoms with Crippen LogP contribution < -0.4 is 4.72 Å². The Kier molecular flexibility index (Phi) is 4.80. The molecule has 0 aliphatic rings.